The first-order valence-corrected chi connectivity index (χ1v) is 5.96. The van der Waals surface area contributed by atoms with E-state index in [1.807, 2.05) is 6.07 Å². The molecule has 4 heteroatoms. The lowest BCUT2D eigenvalue weighted by Gasteiger charge is -2.11. The Kier molecular flexibility index (Phi) is 5.48. The Hall–Kier alpha value is -0.0900. The molecule has 1 rings (SSSR count). The van der Waals surface area contributed by atoms with Gasteiger partial charge in [-0.15, -0.1) is 11.3 Å². The van der Waals surface area contributed by atoms with Gasteiger partial charge in [-0.05, 0) is 36.9 Å². The van der Waals surface area contributed by atoms with Crippen LogP contribution in [0, 0.1) is 0 Å². The fraction of sp³-hybridized carbons (Fsp3) is 0.600. The van der Waals surface area contributed by atoms with E-state index in [1.165, 1.54) is 5.56 Å². The van der Waals surface area contributed by atoms with E-state index >= 15 is 0 Å². The lowest BCUT2D eigenvalue weighted by molar-refractivity contribution is 0.193. The molecule has 0 spiro atoms. The summed E-state index contributed by atoms with van der Waals surface area (Å²) in [6.07, 6.45) is 1.04. The van der Waals surface area contributed by atoms with E-state index in [-0.39, 0.29) is 0 Å². The Labute approximate surface area is 94.2 Å². The fourth-order valence-electron chi connectivity index (χ4n) is 1.20. The average Bonchev–Trinajstić information content (AvgIpc) is 2.59. The highest BCUT2D eigenvalue weighted by Crippen LogP contribution is 2.24. The van der Waals surface area contributed by atoms with Gasteiger partial charge in [0.25, 0.3) is 0 Å². The molecule has 0 saturated heterocycles. The molecule has 1 aromatic heterocycles. The highest BCUT2D eigenvalue weighted by Gasteiger charge is 2.05. The molecule has 80 valence electrons. The molecule has 1 atom stereocenters. The first-order valence-electron chi connectivity index (χ1n) is 4.70. The second kappa shape index (κ2) is 6.40. The van der Waals surface area contributed by atoms with Crippen molar-refractivity contribution >= 4 is 22.9 Å². The van der Waals surface area contributed by atoms with E-state index in [1.54, 1.807) is 18.4 Å². The second-order valence-electron chi connectivity index (χ2n) is 3.21. The van der Waals surface area contributed by atoms with Gasteiger partial charge in [0.1, 0.15) is 0 Å². The number of ether oxygens (including phenoxy) is 1. The van der Waals surface area contributed by atoms with Gasteiger partial charge < -0.3 is 10.1 Å². The third kappa shape index (κ3) is 3.96. The number of halogens is 1. The van der Waals surface area contributed by atoms with Crippen LogP contribution in [0.5, 0.6) is 0 Å². The molecule has 0 radical (unpaired) electrons. The van der Waals surface area contributed by atoms with Gasteiger partial charge in [0.15, 0.2) is 0 Å². The first-order chi connectivity index (χ1) is 6.74. The molecule has 1 N–H and O–H groups in total. The van der Waals surface area contributed by atoms with E-state index in [0.29, 0.717) is 6.04 Å². The van der Waals surface area contributed by atoms with Crippen LogP contribution in [0.15, 0.2) is 11.4 Å². The van der Waals surface area contributed by atoms with Crippen LogP contribution >= 0.6 is 22.9 Å². The van der Waals surface area contributed by atoms with Crippen molar-refractivity contribution in [3.05, 3.63) is 21.3 Å². The Morgan fingerprint density at radius 1 is 1.64 bits per heavy atom. The number of nitrogens with one attached hydrogen (secondary N) is 1. The molecule has 0 aliphatic carbocycles. The van der Waals surface area contributed by atoms with Gasteiger partial charge in [-0.2, -0.15) is 0 Å². The van der Waals surface area contributed by atoms with E-state index in [0.717, 1.165) is 23.9 Å². The summed E-state index contributed by atoms with van der Waals surface area (Å²) in [4.78, 5) is 0. The average molecular weight is 234 g/mol. The van der Waals surface area contributed by atoms with Crippen molar-refractivity contribution in [2.75, 3.05) is 20.3 Å². The van der Waals surface area contributed by atoms with Crippen LogP contribution < -0.4 is 5.32 Å². The number of methoxy groups -OCH3 is 1. The van der Waals surface area contributed by atoms with Gasteiger partial charge in [-0.3, -0.25) is 0 Å². The smallest absolute Gasteiger partial charge is 0.0931 e. The predicted octanol–water partition coefficient (Wildman–Crippen LogP) is 3.09. The summed E-state index contributed by atoms with van der Waals surface area (Å²) in [5.74, 6) is 0. The van der Waals surface area contributed by atoms with E-state index in [2.05, 4.69) is 17.6 Å². The number of rotatable bonds is 6. The molecular formula is C10H16ClNOS. The zero-order valence-electron chi connectivity index (χ0n) is 8.55. The standard InChI is InChI=1S/C10H16ClNOS/c1-8(12-4-3-5-13-2)9-6-10(11)14-7-9/h6-8,12H,3-5H2,1-2H3. The van der Waals surface area contributed by atoms with Crippen molar-refractivity contribution in [2.24, 2.45) is 0 Å². The molecule has 0 bridgehead atoms. The molecule has 14 heavy (non-hydrogen) atoms. The lowest BCUT2D eigenvalue weighted by atomic mass is 10.2. The van der Waals surface area contributed by atoms with E-state index in [9.17, 15) is 0 Å². The Morgan fingerprint density at radius 2 is 2.43 bits per heavy atom. The van der Waals surface area contributed by atoms with E-state index < -0.39 is 0 Å². The van der Waals surface area contributed by atoms with Gasteiger partial charge in [-0.1, -0.05) is 11.6 Å². The van der Waals surface area contributed by atoms with Crippen molar-refractivity contribution in [3.63, 3.8) is 0 Å². The van der Waals surface area contributed by atoms with Crippen LogP contribution in [-0.4, -0.2) is 20.3 Å². The molecule has 0 aromatic carbocycles. The molecule has 0 saturated carbocycles. The molecule has 1 unspecified atom stereocenters. The maximum Gasteiger partial charge on any atom is 0.0931 e. The van der Waals surface area contributed by atoms with Gasteiger partial charge in [0, 0.05) is 19.8 Å². The van der Waals surface area contributed by atoms with Crippen molar-refractivity contribution in [1.29, 1.82) is 0 Å². The number of thiophene rings is 1. The minimum atomic E-state index is 0.371. The third-order valence-corrected chi connectivity index (χ3v) is 3.17. The van der Waals surface area contributed by atoms with Gasteiger partial charge in [-0.25, -0.2) is 0 Å². The third-order valence-electron chi connectivity index (χ3n) is 2.06. The van der Waals surface area contributed by atoms with Crippen LogP contribution in [0.1, 0.15) is 24.9 Å². The predicted molar refractivity (Wildman–Crippen MR) is 62.2 cm³/mol. The minimum Gasteiger partial charge on any atom is -0.385 e. The maximum absolute atomic E-state index is 5.86. The Bertz CT molecular complexity index is 264. The fourth-order valence-corrected chi connectivity index (χ4v) is 2.19. The van der Waals surface area contributed by atoms with Crippen LogP contribution in [-0.2, 0) is 4.74 Å². The first kappa shape index (κ1) is 12.0. The Morgan fingerprint density at radius 3 is 3.00 bits per heavy atom. The summed E-state index contributed by atoms with van der Waals surface area (Å²) in [5.41, 5.74) is 1.26. The largest absolute Gasteiger partial charge is 0.385 e. The molecular weight excluding hydrogens is 218 g/mol. The van der Waals surface area contributed by atoms with Crippen LogP contribution in [0.25, 0.3) is 0 Å². The molecule has 2 nitrogen and oxygen atoms in total. The summed E-state index contributed by atoms with van der Waals surface area (Å²) in [5, 5.41) is 5.51. The molecule has 1 heterocycles. The molecule has 0 fully saturated rings. The zero-order chi connectivity index (χ0) is 10.4. The highest BCUT2D eigenvalue weighted by atomic mass is 35.5. The SMILES string of the molecule is COCCCNC(C)c1csc(Cl)c1. The normalized spacial score (nSPS) is 13.1. The van der Waals surface area contributed by atoms with Crippen LogP contribution in [0.3, 0.4) is 0 Å². The van der Waals surface area contributed by atoms with Crippen LogP contribution in [0.2, 0.25) is 4.34 Å². The van der Waals surface area contributed by atoms with Crippen molar-refractivity contribution in [1.82, 2.24) is 5.32 Å². The summed E-state index contributed by atoms with van der Waals surface area (Å²) in [6, 6.07) is 2.39. The summed E-state index contributed by atoms with van der Waals surface area (Å²) in [6.45, 7) is 3.93. The summed E-state index contributed by atoms with van der Waals surface area (Å²) in [7, 11) is 1.72. The summed E-state index contributed by atoms with van der Waals surface area (Å²) >= 11 is 7.44. The van der Waals surface area contributed by atoms with Gasteiger partial charge >= 0.3 is 0 Å². The number of hydrogen-bond donors (Lipinski definition) is 1. The molecule has 0 amide bonds. The van der Waals surface area contributed by atoms with E-state index in [4.69, 9.17) is 16.3 Å². The van der Waals surface area contributed by atoms with Crippen molar-refractivity contribution in [3.8, 4) is 0 Å². The molecule has 0 aliphatic rings. The highest BCUT2D eigenvalue weighted by molar-refractivity contribution is 7.14. The zero-order valence-corrected chi connectivity index (χ0v) is 10.1. The monoisotopic (exact) mass is 233 g/mol. The van der Waals surface area contributed by atoms with Crippen LogP contribution in [0.4, 0.5) is 0 Å². The molecule has 0 aliphatic heterocycles. The van der Waals surface area contributed by atoms with Crippen molar-refractivity contribution < 1.29 is 4.74 Å². The topological polar surface area (TPSA) is 21.3 Å². The van der Waals surface area contributed by atoms with Crippen molar-refractivity contribution in [2.45, 2.75) is 19.4 Å². The lowest BCUT2D eigenvalue weighted by Crippen LogP contribution is -2.20. The minimum absolute atomic E-state index is 0.371. The quantitative estimate of drug-likeness (QED) is 0.763. The Balaban J connectivity index is 2.25. The van der Waals surface area contributed by atoms with Gasteiger partial charge in [0.2, 0.25) is 0 Å². The second-order valence-corrected chi connectivity index (χ2v) is 4.75. The molecule has 1 aromatic rings. The maximum atomic E-state index is 5.86. The summed E-state index contributed by atoms with van der Waals surface area (Å²) < 4.78 is 5.83. The number of hydrogen-bond acceptors (Lipinski definition) is 3. The van der Waals surface area contributed by atoms with Gasteiger partial charge in [0.05, 0.1) is 4.34 Å².